The van der Waals surface area contributed by atoms with Crippen molar-refractivity contribution in [3.05, 3.63) is 34.9 Å². The Morgan fingerprint density at radius 2 is 1.84 bits per heavy atom. The van der Waals surface area contributed by atoms with E-state index in [-0.39, 0.29) is 0 Å². The fourth-order valence-electron chi connectivity index (χ4n) is 2.11. The normalized spacial score (nSPS) is 14.5. The lowest BCUT2D eigenvalue weighted by molar-refractivity contribution is 0.0444. The molecule has 1 aromatic rings. The molecule has 1 aliphatic rings. The standard InChI is InChI=1S/C14H18O4Si/c1-17-19(2,3)8-4-5-10-6-7-11-12(9-10)14(16)18-13(11)15/h6-7,9H,4-5,8H2,1-3H3. The summed E-state index contributed by atoms with van der Waals surface area (Å²) in [6.45, 7) is 4.37. The number of ether oxygens (including phenoxy) is 1. The molecule has 0 atom stereocenters. The molecule has 2 rings (SSSR count). The van der Waals surface area contributed by atoms with Crippen molar-refractivity contribution in [2.24, 2.45) is 0 Å². The topological polar surface area (TPSA) is 52.6 Å². The number of benzene rings is 1. The number of fused-ring (bicyclic) bond motifs is 1. The minimum absolute atomic E-state index is 0.375. The van der Waals surface area contributed by atoms with Gasteiger partial charge in [0.25, 0.3) is 0 Å². The van der Waals surface area contributed by atoms with Crippen molar-refractivity contribution in [3.63, 3.8) is 0 Å². The average molecular weight is 278 g/mol. The molecule has 102 valence electrons. The molecule has 1 aliphatic heterocycles. The molecule has 5 heteroatoms. The van der Waals surface area contributed by atoms with Crippen LogP contribution in [0.1, 0.15) is 32.7 Å². The van der Waals surface area contributed by atoms with Gasteiger partial charge in [0, 0.05) is 7.11 Å². The van der Waals surface area contributed by atoms with Crippen molar-refractivity contribution >= 4 is 20.3 Å². The number of rotatable bonds is 5. The van der Waals surface area contributed by atoms with E-state index < -0.39 is 20.3 Å². The zero-order chi connectivity index (χ0) is 14.0. The Bertz CT molecular complexity index is 522. The van der Waals surface area contributed by atoms with Gasteiger partial charge in [-0.25, -0.2) is 9.59 Å². The highest BCUT2D eigenvalue weighted by atomic mass is 28.4. The third-order valence-electron chi connectivity index (χ3n) is 3.51. The molecule has 0 saturated carbocycles. The minimum atomic E-state index is -1.52. The van der Waals surface area contributed by atoms with Crippen molar-refractivity contribution in [3.8, 4) is 0 Å². The van der Waals surface area contributed by atoms with Crippen LogP contribution in [0, 0.1) is 0 Å². The van der Waals surface area contributed by atoms with Crippen LogP contribution in [0.15, 0.2) is 18.2 Å². The maximum absolute atomic E-state index is 11.5. The van der Waals surface area contributed by atoms with Crippen molar-refractivity contribution in [2.75, 3.05) is 7.11 Å². The zero-order valence-electron chi connectivity index (χ0n) is 11.5. The van der Waals surface area contributed by atoms with Crippen molar-refractivity contribution < 1.29 is 18.8 Å². The van der Waals surface area contributed by atoms with E-state index in [0.717, 1.165) is 24.4 Å². The van der Waals surface area contributed by atoms with Crippen molar-refractivity contribution in [2.45, 2.75) is 32.0 Å². The molecule has 0 spiro atoms. The number of carbonyl (C=O) groups is 2. The largest absolute Gasteiger partial charge is 0.420 e. The van der Waals surface area contributed by atoms with E-state index in [9.17, 15) is 9.59 Å². The molecular formula is C14H18O4Si. The summed E-state index contributed by atoms with van der Waals surface area (Å²) in [5, 5.41) is 0. The van der Waals surface area contributed by atoms with Crippen LogP contribution in [0.5, 0.6) is 0 Å². The monoisotopic (exact) mass is 278 g/mol. The highest BCUT2D eigenvalue weighted by molar-refractivity contribution is 6.71. The summed E-state index contributed by atoms with van der Waals surface area (Å²) in [6, 6.07) is 6.41. The van der Waals surface area contributed by atoms with Crippen LogP contribution in [-0.2, 0) is 15.6 Å². The summed E-state index contributed by atoms with van der Waals surface area (Å²) in [5.74, 6) is -1.08. The Balaban J connectivity index is 2.02. The zero-order valence-corrected chi connectivity index (χ0v) is 12.5. The molecule has 0 saturated heterocycles. The molecule has 0 N–H and O–H groups in total. The SMILES string of the molecule is CO[Si](C)(C)CCCc1ccc2c(c1)C(=O)OC2=O. The third kappa shape index (κ3) is 3.11. The molecule has 1 heterocycles. The third-order valence-corrected chi connectivity index (χ3v) is 6.17. The van der Waals surface area contributed by atoms with E-state index in [4.69, 9.17) is 4.43 Å². The molecule has 0 unspecified atom stereocenters. The summed E-state index contributed by atoms with van der Waals surface area (Å²) < 4.78 is 10.1. The van der Waals surface area contributed by atoms with Crippen LogP contribution < -0.4 is 0 Å². The number of carbonyl (C=O) groups excluding carboxylic acids is 2. The average Bonchev–Trinajstić information content (AvgIpc) is 2.65. The highest BCUT2D eigenvalue weighted by Gasteiger charge is 2.29. The van der Waals surface area contributed by atoms with Crippen molar-refractivity contribution in [1.82, 2.24) is 0 Å². The van der Waals surface area contributed by atoms with E-state index in [2.05, 4.69) is 17.8 Å². The van der Waals surface area contributed by atoms with E-state index in [1.807, 2.05) is 6.07 Å². The first-order chi connectivity index (χ1) is 8.93. The molecular weight excluding hydrogens is 260 g/mol. The molecule has 1 aromatic carbocycles. The molecule has 19 heavy (non-hydrogen) atoms. The number of aryl methyl sites for hydroxylation is 1. The van der Waals surface area contributed by atoms with Crippen LogP contribution in [-0.4, -0.2) is 27.4 Å². The van der Waals surface area contributed by atoms with E-state index in [1.165, 1.54) is 0 Å². The minimum Gasteiger partial charge on any atom is -0.420 e. The second-order valence-electron chi connectivity index (χ2n) is 5.37. The maximum atomic E-state index is 11.5. The fourth-order valence-corrected chi connectivity index (χ4v) is 3.34. The van der Waals surface area contributed by atoms with Gasteiger partial charge in [-0.3, -0.25) is 0 Å². The Labute approximate surface area is 113 Å². The van der Waals surface area contributed by atoms with Gasteiger partial charge in [-0.1, -0.05) is 6.07 Å². The van der Waals surface area contributed by atoms with Gasteiger partial charge in [-0.2, -0.15) is 0 Å². The molecule has 0 fully saturated rings. The molecule has 0 radical (unpaired) electrons. The number of hydrogen-bond acceptors (Lipinski definition) is 4. The van der Waals surface area contributed by atoms with Crippen LogP contribution >= 0.6 is 0 Å². The Kier molecular flexibility index (Phi) is 3.87. The number of cyclic esters (lactones) is 2. The summed E-state index contributed by atoms with van der Waals surface area (Å²) in [5.41, 5.74) is 1.83. The lowest BCUT2D eigenvalue weighted by Crippen LogP contribution is -2.28. The van der Waals surface area contributed by atoms with Gasteiger partial charge in [0.2, 0.25) is 0 Å². The first-order valence-corrected chi connectivity index (χ1v) is 9.49. The first-order valence-electron chi connectivity index (χ1n) is 6.37. The Morgan fingerprint density at radius 3 is 2.53 bits per heavy atom. The number of esters is 2. The van der Waals surface area contributed by atoms with E-state index in [0.29, 0.717) is 11.1 Å². The molecule has 0 aliphatic carbocycles. The van der Waals surface area contributed by atoms with Gasteiger partial charge in [-0.15, -0.1) is 0 Å². The summed E-state index contributed by atoms with van der Waals surface area (Å²) in [4.78, 5) is 22.8. The van der Waals surface area contributed by atoms with Crippen LogP contribution in [0.3, 0.4) is 0 Å². The molecule has 0 amide bonds. The maximum Gasteiger partial charge on any atom is 0.346 e. The highest BCUT2D eigenvalue weighted by Crippen LogP contribution is 2.23. The quantitative estimate of drug-likeness (QED) is 0.472. The van der Waals surface area contributed by atoms with Gasteiger partial charge in [0.05, 0.1) is 11.1 Å². The fraction of sp³-hybridized carbons (Fsp3) is 0.429. The lowest BCUT2D eigenvalue weighted by atomic mass is 10.0. The Morgan fingerprint density at radius 1 is 1.16 bits per heavy atom. The molecule has 0 bridgehead atoms. The predicted octanol–water partition coefficient (Wildman–Crippen LogP) is 2.78. The van der Waals surface area contributed by atoms with Gasteiger partial charge in [0.15, 0.2) is 8.32 Å². The number of hydrogen-bond donors (Lipinski definition) is 0. The van der Waals surface area contributed by atoms with E-state index >= 15 is 0 Å². The molecule has 0 aromatic heterocycles. The summed E-state index contributed by atoms with van der Waals surface area (Å²) in [6.07, 6.45) is 1.91. The van der Waals surface area contributed by atoms with Gasteiger partial charge in [-0.05, 0) is 49.7 Å². The van der Waals surface area contributed by atoms with Crippen LogP contribution in [0.4, 0.5) is 0 Å². The lowest BCUT2D eigenvalue weighted by Gasteiger charge is -2.19. The molecule has 4 nitrogen and oxygen atoms in total. The van der Waals surface area contributed by atoms with Crippen LogP contribution in [0.25, 0.3) is 0 Å². The van der Waals surface area contributed by atoms with Gasteiger partial charge < -0.3 is 9.16 Å². The first kappa shape index (κ1) is 14.0. The van der Waals surface area contributed by atoms with Crippen LogP contribution in [0.2, 0.25) is 19.1 Å². The van der Waals surface area contributed by atoms with Crippen molar-refractivity contribution in [1.29, 1.82) is 0 Å². The van der Waals surface area contributed by atoms with Gasteiger partial charge in [0.1, 0.15) is 0 Å². The Hall–Kier alpha value is -1.46. The summed E-state index contributed by atoms with van der Waals surface area (Å²) >= 11 is 0. The summed E-state index contributed by atoms with van der Waals surface area (Å²) in [7, 11) is 0.245. The second-order valence-corrected chi connectivity index (χ2v) is 9.80. The smallest absolute Gasteiger partial charge is 0.346 e. The predicted molar refractivity (Wildman–Crippen MR) is 73.8 cm³/mol. The van der Waals surface area contributed by atoms with Gasteiger partial charge >= 0.3 is 11.9 Å². The second kappa shape index (κ2) is 5.26. The van der Waals surface area contributed by atoms with E-state index in [1.54, 1.807) is 19.2 Å².